The summed E-state index contributed by atoms with van der Waals surface area (Å²) in [4.78, 5) is 4.43. The molecule has 0 fully saturated rings. The van der Waals surface area contributed by atoms with Crippen LogP contribution in [-0.4, -0.2) is 21.3 Å². The first-order chi connectivity index (χ1) is 5.40. The maximum atomic E-state index is 4.43. The zero-order chi connectivity index (χ0) is 7.68. The summed E-state index contributed by atoms with van der Waals surface area (Å²) in [5.41, 5.74) is 1.12. The molecule has 2 radical (unpaired) electrons. The Morgan fingerprint density at radius 2 is 2.18 bits per heavy atom. The Bertz CT molecular complexity index is 336. The van der Waals surface area contributed by atoms with Crippen molar-refractivity contribution in [1.29, 1.82) is 0 Å². The Morgan fingerprint density at radius 3 is 2.91 bits per heavy atom. The lowest BCUT2D eigenvalue weighted by Crippen LogP contribution is -1.78. The summed E-state index contributed by atoms with van der Waals surface area (Å²) in [6, 6.07) is 8.23. The van der Waals surface area contributed by atoms with E-state index in [2.05, 4.69) is 33.4 Å². The van der Waals surface area contributed by atoms with E-state index < -0.39 is 0 Å². The van der Waals surface area contributed by atoms with Crippen molar-refractivity contribution in [2.24, 2.45) is 0 Å². The Morgan fingerprint density at radius 1 is 1.36 bits per heavy atom. The number of thiazole rings is 1. The summed E-state index contributed by atoms with van der Waals surface area (Å²) in [7, 11) is 0. The third-order valence-electron chi connectivity index (χ3n) is 1.51. The number of nitrogens with zero attached hydrogens (tertiary/aromatic N) is 1. The summed E-state index contributed by atoms with van der Waals surface area (Å²) >= 11 is 4.46. The topological polar surface area (TPSA) is 12.9 Å². The quantitative estimate of drug-likeness (QED) is 0.604. The van der Waals surface area contributed by atoms with Crippen LogP contribution in [0, 0.1) is 0 Å². The molecule has 52 valence electrons. The smallest absolute Gasteiger partial charge is 0.129 e. The summed E-state index contributed by atoms with van der Waals surface area (Å²) < 4.78 is 1.28. The van der Waals surface area contributed by atoms with E-state index in [9.17, 15) is 0 Å². The molecule has 3 heteroatoms. The van der Waals surface area contributed by atoms with Crippen molar-refractivity contribution >= 4 is 37.8 Å². The molecular formula is C8H6AlNS. The number of fused-ring (bicyclic) bond motifs is 1. The third kappa shape index (κ3) is 1.32. The van der Waals surface area contributed by atoms with Gasteiger partial charge in [-0.25, -0.2) is 4.98 Å². The molecule has 2 aromatic rings. The van der Waals surface area contributed by atoms with E-state index in [4.69, 9.17) is 0 Å². The summed E-state index contributed by atoms with van der Waals surface area (Å²) in [6.45, 7) is 0. The SMILES string of the molecule is [Al][CH2]c1nc2ccccc2s1. The van der Waals surface area contributed by atoms with E-state index in [1.165, 1.54) is 9.71 Å². The second kappa shape index (κ2) is 2.94. The molecule has 0 saturated carbocycles. The van der Waals surface area contributed by atoms with E-state index in [0.29, 0.717) is 0 Å². The van der Waals surface area contributed by atoms with Crippen LogP contribution >= 0.6 is 11.3 Å². The van der Waals surface area contributed by atoms with Crippen LogP contribution in [0.2, 0.25) is 0 Å². The van der Waals surface area contributed by atoms with Gasteiger partial charge in [0.15, 0.2) is 0 Å². The standard InChI is InChI=1S/C8H6NS.Al/c1-6-9-7-4-2-3-5-8(7)10-6;/h2-5H,1H2;. The average Bonchev–Trinajstić information content (AvgIpc) is 2.46. The van der Waals surface area contributed by atoms with Crippen molar-refractivity contribution in [2.45, 2.75) is 5.28 Å². The van der Waals surface area contributed by atoms with Crippen LogP contribution < -0.4 is 0 Å². The van der Waals surface area contributed by atoms with Gasteiger partial charge in [0.05, 0.1) is 15.2 Å². The minimum atomic E-state index is 0.958. The van der Waals surface area contributed by atoms with Gasteiger partial charge in [-0.05, 0) is 12.1 Å². The van der Waals surface area contributed by atoms with Crippen LogP contribution in [0.5, 0.6) is 0 Å². The van der Waals surface area contributed by atoms with Crippen molar-refractivity contribution in [2.75, 3.05) is 0 Å². The minimum absolute atomic E-state index is 0.958. The van der Waals surface area contributed by atoms with E-state index in [1.54, 1.807) is 11.3 Å². The van der Waals surface area contributed by atoms with E-state index in [0.717, 1.165) is 10.8 Å². The number of hydrogen-bond donors (Lipinski definition) is 0. The first-order valence-electron chi connectivity index (χ1n) is 3.44. The fraction of sp³-hybridized carbons (Fsp3) is 0.125. The van der Waals surface area contributed by atoms with Gasteiger partial charge in [0.2, 0.25) is 0 Å². The van der Waals surface area contributed by atoms with Crippen LogP contribution in [0.1, 0.15) is 5.01 Å². The van der Waals surface area contributed by atoms with Gasteiger partial charge < -0.3 is 0 Å². The molecular weight excluding hydrogens is 169 g/mol. The molecule has 0 atom stereocenters. The molecule has 0 saturated heterocycles. The predicted molar refractivity (Wildman–Crippen MR) is 49.1 cm³/mol. The minimum Gasteiger partial charge on any atom is -0.243 e. The number of hydrogen-bond acceptors (Lipinski definition) is 2. The molecule has 0 aliphatic heterocycles. The fourth-order valence-electron chi connectivity index (χ4n) is 1.01. The molecule has 1 aromatic carbocycles. The molecule has 11 heavy (non-hydrogen) atoms. The van der Waals surface area contributed by atoms with Gasteiger partial charge in [-0.15, -0.1) is 11.3 Å². The predicted octanol–water partition coefficient (Wildman–Crippen LogP) is 1.96. The lowest BCUT2D eigenvalue weighted by molar-refractivity contribution is 1.30. The first-order valence-corrected chi connectivity index (χ1v) is 5.08. The average molecular weight is 175 g/mol. The lowest BCUT2D eigenvalue weighted by atomic mass is 10.3. The monoisotopic (exact) mass is 175 g/mol. The first kappa shape index (κ1) is 7.30. The Kier molecular flexibility index (Phi) is 1.95. The third-order valence-corrected chi connectivity index (χ3v) is 3.25. The number of aromatic nitrogens is 1. The highest BCUT2D eigenvalue weighted by Gasteiger charge is 1.98. The Labute approximate surface area is 77.5 Å². The zero-order valence-corrected chi connectivity index (χ0v) is 7.92. The molecule has 0 bridgehead atoms. The molecule has 0 amide bonds. The Hall–Kier alpha value is -0.358. The van der Waals surface area contributed by atoms with E-state index in [-0.39, 0.29) is 0 Å². The zero-order valence-electron chi connectivity index (χ0n) is 5.95. The van der Waals surface area contributed by atoms with Gasteiger partial charge in [-0.3, -0.25) is 0 Å². The van der Waals surface area contributed by atoms with Gasteiger partial charge in [0.25, 0.3) is 0 Å². The highest BCUT2D eigenvalue weighted by atomic mass is 32.1. The molecule has 0 N–H and O–H groups in total. The maximum absolute atomic E-state index is 4.43. The van der Waals surface area contributed by atoms with Gasteiger partial charge in [0.1, 0.15) is 16.3 Å². The molecule has 0 spiro atoms. The summed E-state index contributed by atoms with van der Waals surface area (Å²) in [5, 5.41) is 2.15. The van der Waals surface area contributed by atoms with Crippen LogP contribution in [-0.2, 0) is 5.28 Å². The molecule has 1 aromatic heterocycles. The molecule has 1 nitrogen and oxygen atoms in total. The van der Waals surface area contributed by atoms with Crippen molar-refractivity contribution in [3.8, 4) is 0 Å². The second-order valence-corrected chi connectivity index (χ2v) is 3.80. The largest absolute Gasteiger partial charge is 0.243 e. The van der Waals surface area contributed by atoms with Crippen molar-refractivity contribution in [3.05, 3.63) is 29.3 Å². The van der Waals surface area contributed by atoms with E-state index in [1.807, 2.05) is 12.1 Å². The summed E-state index contributed by atoms with van der Waals surface area (Å²) in [6.07, 6.45) is 0. The van der Waals surface area contributed by atoms with Crippen molar-refractivity contribution < 1.29 is 0 Å². The molecule has 0 unspecified atom stereocenters. The van der Waals surface area contributed by atoms with Crippen LogP contribution in [0.3, 0.4) is 0 Å². The normalized spacial score (nSPS) is 10.5. The van der Waals surface area contributed by atoms with E-state index >= 15 is 0 Å². The Balaban J connectivity index is 2.69. The van der Waals surface area contributed by atoms with Crippen LogP contribution in [0.15, 0.2) is 24.3 Å². The lowest BCUT2D eigenvalue weighted by Gasteiger charge is -1.80. The molecule has 1 heterocycles. The van der Waals surface area contributed by atoms with Crippen LogP contribution in [0.25, 0.3) is 10.2 Å². The molecule has 0 aliphatic carbocycles. The number of para-hydroxylation sites is 1. The van der Waals surface area contributed by atoms with Crippen LogP contribution in [0.4, 0.5) is 0 Å². The second-order valence-electron chi connectivity index (χ2n) is 2.28. The summed E-state index contributed by atoms with van der Waals surface area (Å²) in [5.74, 6) is 0. The number of rotatable bonds is 1. The highest BCUT2D eigenvalue weighted by molar-refractivity contribution is 7.18. The fourth-order valence-corrected chi connectivity index (χ4v) is 2.19. The maximum Gasteiger partial charge on any atom is 0.129 e. The van der Waals surface area contributed by atoms with Gasteiger partial charge in [0, 0.05) is 0 Å². The van der Waals surface area contributed by atoms with Gasteiger partial charge in [-0.2, -0.15) is 0 Å². The van der Waals surface area contributed by atoms with Crippen molar-refractivity contribution in [1.82, 2.24) is 4.98 Å². The highest BCUT2D eigenvalue weighted by Crippen LogP contribution is 2.20. The molecule has 2 rings (SSSR count). The number of benzene rings is 1. The molecule has 0 aliphatic rings. The van der Waals surface area contributed by atoms with Gasteiger partial charge >= 0.3 is 0 Å². The van der Waals surface area contributed by atoms with Crippen molar-refractivity contribution in [3.63, 3.8) is 0 Å². The van der Waals surface area contributed by atoms with Gasteiger partial charge in [-0.1, -0.05) is 17.4 Å².